The van der Waals surface area contributed by atoms with Crippen molar-refractivity contribution in [3.05, 3.63) is 0 Å². The van der Waals surface area contributed by atoms with E-state index in [-0.39, 0.29) is 5.41 Å². The summed E-state index contributed by atoms with van der Waals surface area (Å²) in [5.74, 6) is 0.477. The highest BCUT2D eigenvalue weighted by Gasteiger charge is 2.52. The van der Waals surface area contributed by atoms with E-state index < -0.39 is 0 Å². The van der Waals surface area contributed by atoms with E-state index in [1.807, 2.05) is 4.90 Å². The van der Waals surface area contributed by atoms with Gasteiger partial charge in [0, 0.05) is 44.7 Å². The summed E-state index contributed by atoms with van der Waals surface area (Å²) in [6.07, 6.45) is 14.4. The van der Waals surface area contributed by atoms with Crippen LogP contribution >= 0.6 is 0 Å². The van der Waals surface area contributed by atoms with Crippen LogP contribution in [0.4, 0.5) is 0 Å². The molecule has 8 N–H and O–H groups in total. The van der Waals surface area contributed by atoms with Crippen molar-refractivity contribution in [2.24, 2.45) is 28.3 Å². The molecular weight excluding hydrogens is 326 g/mol. The molecule has 1 aliphatic carbocycles. The Kier molecular flexibility index (Phi) is 16.0. The molecule has 156 valence electrons. The van der Waals surface area contributed by atoms with E-state index in [1.54, 1.807) is 0 Å². The number of hydrogen-bond acceptors (Lipinski definition) is 5. The lowest BCUT2D eigenvalue weighted by Gasteiger charge is -2.14. The molecule has 1 heterocycles. The Labute approximate surface area is 161 Å². The first kappa shape index (κ1) is 25.3. The van der Waals surface area contributed by atoms with Crippen LogP contribution < -0.4 is 22.9 Å². The summed E-state index contributed by atoms with van der Waals surface area (Å²) in [6, 6.07) is 0. The van der Waals surface area contributed by atoms with Gasteiger partial charge in [-0.3, -0.25) is 4.79 Å². The molecule has 0 bridgehead atoms. The molecule has 0 aromatic carbocycles. The zero-order valence-electron chi connectivity index (χ0n) is 17.2. The predicted molar refractivity (Wildman–Crippen MR) is 112 cm³/mol. The lowest BCUT2D eigenvalue weighted by atomic mass is 9.96. The lowest BCUT2D eigenvalue weighted by molar-refractivity contribution is -0.131. The van der Waals surface area contributed by atoms with Gasteiger partial charge in [-0.25, -0.2) is 0 Å². The van der Waals surface area contributed by atoms with Gasteiger partial charge in [0.15, 0.2) is 0 Å². The van der Waals surface area contributed by atoms with Gasteiger partial charge in [-0.05, 0) is 19.3 Å². The molecule has 1 saturated carbocycles. The molecule has 26 heavy (non-hydrogen) atoms. The van der Waals surface area contributed by atoms with E-state index in [1.165, 1.54) is 64.2 Å². The molecule has 2 fully saturated rings. The first-order valence-electron chi connectivity index (χ1n) is 10.7. The van der Waals surface area contributed by atoms with Crippen LogP contribution in [0.2, 0.25) is 0 Å². The molecule has 2 rings (SSSR count). The molecule has 0 aromatic rings. The maximum Gasteiger partial charge on any atom is 0.228 e. The maximum atomic E-state index is 12.1. The van der Waals surface area contributed by atoms with Gasteiger partial charge in [-0.15, -0.1) is 0 Å². The van der Waals surface area contributed by atoms with Crippen LogP contribution in [0.3, 0.4) is 0 Å². The van der Waals surface area contributed by atoms with Gasteiger partial charge < -0.3 is 27.8 Å². The van der Waals surface area contributed by atoms with Crippen molar-refractivity contribution in [1.82, 2.24) is 4.90 Å². The fraction of sp³-hybridized carbons (Fsp3) is 0.950. The number of amides is 1. The second-order valence-electron chi connectivity index (χ2n) is 7.45. The van der Waals surface area contributed by atoms with E-state index in [0.717, 1.165) is 19.5 Å². The predicted octanol–water partition coefficient (Wildman–Crippen LogP) is 1.95. The van der Waals surface area contributed by atoms with Gasteiger partial charge in [-0.1, -0.05) is 58.3 Å². The highest BCUT2D eigenvalue weighted by molar-refractivity contribution is 5.86. The zero-order chi connectivity index (χ0) is 19.7. The minimum Gasteiger partial charge on any atom is -0.339 e. The van der Waals surface area contributed by atoms with Gasteiger partial charge in [-0.2, -0.15) is 0 Å². The van der Waals surface area contributed by atoms with Crippen LogP contribution in [-0.2, 0) is 4.79 Å². The Morgan fingerprint density at radius 2 is 1.19 bits per heavy atom. The van der Waals surface area contributed by atoms with Crippen molar-refractivity contribution in [3.63, 3.8) is 0 Å². The number of rotatable bonds is 12. The summed E-state index contributed by atoms with van der Waals surface area (Å²) in [5, 5.41) is 0. The van der Waals surface area contributed by atoms with E-state index in [0.29, 0.717) is 32.1 Å². The Hall–Kier alpha value is -0.690. The van der Waals surface area contributed by atoms with Crippen LogP contribution in [0.1, 0.15) is 77.6 Å². The molecule has 0 radical (unpaired) electrons. The standard InChI is InChI=1S/C16H29NO.2C2H8N2/c1-2-3-4-5-6-7-8-9-10-16(11-12-16)15(18)17-13-14-17;2*3-1-2-4/h2-14H2,1H3;2*1-4H2. The molecule has 1 amide bonds. The second-order valence-corrected chi connectivity index (χ2v) is 7.45. The molecule has 6 heteroatoms. The number of carbonyl (C=O) groups is 1. The molecule has 2 aliphatic rings. The number of nitrogens with two attached hydrogens (primary N) is 4. The van der Waals surface area contributed by atoms with E-state index >= 15 is 0 Å². The molecule has 0 atom stereocenters. The first-order valence-corrected chi connectivity index (χ1v) is 10.7. The van der Waals surface area contributed by atoms with Gasteiger partial charge in [0.05, 0.1) is 0 Å². The number of carbonyl (C=O) groups excluding carboxylic acids is 1. The van der Waals surface area contributed by atoms with Crippen molar-refractivity contribution in [2.45, 2.75) is 77.6 Å². The summed E-state index contributed by atoms with van der Waals surface area (Å²) in [4.78, 5) is 14.1. The summed E-state index contributed by atoms with van der Waals surface area (Å²) in [6.45, 7) is 6.71. The Balaban J connectivity index is 0.000000662. The van der Waals surface area contributed by atoms with E-state index in [4.69, 9.17) is 22.9 Å². The second kappa shape index (κ2) is 16.5. The molecule has 1 aliphatic heterocycles. The van der Waals surface area contributed by atoms with Gasteiger partial charge in [0.1, 0.15) is 0 Å². The zero-order valence-corrected chi connectivity index (χ0v) is 17.2. The fourth-order valence-corrected chi connectivity index (χ4v) is 2.91. The largest absolute Gasteiger partial charge is 0.339 e. The van der Waals surface area contributed by atoms with Crippen molar-refractivity contribution in [3.8, 4) is 0 Å². The van der Waals surface area contributed by atoms with Gasteiger partial charge in [0.2, 0.25) is 5.91 Å². The molecular formula is C20H45N5O. The minimum absolute atomic E-state index is 0.124. The average molecular weight is 372 g/mol. The van der Waals surface area contributed by atoms with Crippen LogP contribution in [0.5, 0.6) is 0 Å². The number of unbranched alkanes of at least 4 members (excludes halogenated alkanes) is 7. The van der Waals surface area contributed by atoms with E-state index in [2.05, 4.69) is 6.92 Å². The van der Waals surface area contributed by atoms with Crippen molar-refractivity contribution >= 4 is 5.91 Å². The SMILES string of the molecule is CCCCCCCCCCC1(C(=O)N2CC2)CC1.NCCN.NCCN. The van der Waals surface area contributed by atoms with Crippen molar-refractivity contribution in [1.29, 1.82) is 0 Å². The normalized spacial score (nSPS) is 16.1. The molecule has 0 spiro atoms. The Morgan fingerprint density at radius 3 is 1.54 bits per heavy atom. The average Bonchev–Trinajstić information content (AvgIpc) is 3.58. The summed E-state index contributed by atoms with van der Waals surface area (Å²) in [7, 11) is 0. The van der Waals surface area contributed by atoms with Crippen molar-refractivity contribution < 1.29 is 4.79 Å². The summed E-state index contributed by atoms with van der Waals surface area (Å²) in [5.41, 5.74) is 19.7. The highest BCUT2D eigenvalue weighted by Crippen LogP contribution is 2.52. The quantitative estimate of drug-likeness (QED) is 0.308. The van der Waals surface area contributed by atoms with Crippen LogP contribution in [0, 0.1) is 5.41 Å². The van der Waals surface area contributed by atoms with Crippen LogP contribution in [0.15, 0.2) is 0 Å². The van der Waals surface area contributed by atoms with E-state index in [9.17, 15) is 4.79 Å². The highest BCUT2D eigenvalue weighted by atomic mass is 16.2. The minimum atomic E-state index is 0.124. The van der Waals surface area contributed by atoms with Crippen LogP contribution in [-0.4, -0.2) is 50.1 Å². The number of nitrogens with zero attached hydrogens (tertiary/aromatic N) is 1. The topological polar surface area (TPSA) is 124 Å². The molecule has 1 saturated heterocycles. The molecule has 6 nitrogen and oxygen atoms in total. The smallest absolute Gasteiger partial charge is 0.228 e. The third-order valence-corrected chi connectivity index (χ3v) is 4.88. The van der Waals surface area contributed by atoms with Gasteiger partial charge >= 0.3 is 0 Å². The van der Waals surface area contributed by atoms with Gasteiger partial charge in [0.25, 0.3) is 0 Å². The molecule has 0 aromatic heterocycles. The van der Waals surface area contributed by atoms with Crippen molar-refractivity contribution in [2.75, 3.05) is 39.3 Å². The first-order chi connectivity index (χ1) is 12.6. The lowest BCUT2D eigenvalue weighted by Crippen LogP contribution is -2.23. The third-order valence-electron chi connectivity index (χ3n) is 4.88. The Bertz CT molecular complexity index is 322. The summed E-state index contributed by atoms with van der Waals surface area (Å²) < 4.78 is 0. The maximum absolute atomic E-state index is 12.1. The third kappa shape index (κ3) is 12.6. The van der Waals surface area contributed by atoms with Crippen LogP contribution in [0.25, 0.3) is 0 Å². The molecule has 0 unspecified atom stereocenters. The summed E-state index contributed by atoms with van der Waals surface area (Å²) >= 11 is 0. The fourth-order valence-electron chi connectivity index (χ4n) is 2.91. The number of hydrogen-bond donors (Lipinski definition) is 4. The monoisotopic (exact) mass is 371 g/mol. The Morgan fingerprint density at radius 1 is 0.769 bits per heavy atom.